The van der Waals surface area contributed by atoms with Crippen molar-refractivity contribution in [3.05, 3.63) is 0 Å². The number of hydrogen-bond acceptors (Lipinski definition) is 3. The van der Waals surface area contributed by atoms with Crippen molar-refractivity contribution in [1.29, 1.82) is 0 Å². The Morgan fingerprint density at radius 2 is 2.23 bits per heavy atom. The molecule has 0 N–H and O–H groups in total. The number of carbonyl (C=O) groups excluding carboxylic acids is 1. The Balaban J connectivity index is 0.00000144. The maximum Gasteiger partial charge on any atom is 1.00 e. The Morgan fingerprint density at radius 3 is 2.77 bits per heavy atom. The summed E-state index contributed by atoms with van der Waals surface area (Å²) in [6.07, 6.45) is 4.58. The average molecular weight is 193 g/mol. The predicted molar refractivity (Wildman–Crippen MR) is 44.5 cm³/mol. The number of carboxylic acid groups (broad SMARTS) is 1. The summed E-state index contributed by atoms with van der Waals surface area (Å²) in [7, 11) is 2.07. The van der Waals surface area contributed by atoms with Crippen LogP contribution in [0.2, 0.25) is 0 Å². The van der Waals surface area contributed by atoms with E-state index in [0.29, 0.717) is 6.04 Å². The third-order valence-electron chi connectivity index (χ3n) is 2.60. The van der Waals surface area contributed by atoms with E-state index < -0.39 is 5.97 Å². The van der Waals surface area contributed by atoms with Crippen molar-refractivity contribution in [1.82, 2.24) is 4.90 Å². The molecule has 0 aromatic carbocycles. The van der Waals surface area contributed by atoms with E-state index in [0.717, 1.165) is 19.4 Å². The number of nitrogens with zero attached hydrogens (tertiary/aromatic N) is 1. The van der Waals surface area contributed by atoms with Crippen molar-refractivity contribution in [2.75, 3.05) is 13.6 Å². The minimum atomic E-state index is -0.922. The van der Waals surface area contributed by atoms with Crippen molar-refractivity contribution < 1.29 is 39.5 Å². The molecule has 0 radical (unpaired) electrons. The van der Waals surface area contributed by atoms with Crippen LogP contribution in [0.5, 0.6) is 0 Å². The fourth-order valence-electron chi connectivity index (χ4n) is 1.79. The van der Waals surface area contributed by atoms with Crippen LogP contribution in [-0.4, -0.2) is 30.5 Å². The van der Waals surface area contributed by atoms with Crippen LogP contribution < -0.4 is 34.7 Å². The number of piperidine rings is 1. The number of hydrogen-bond donors (Lipinski definition) is 0. The van der Waals surface area contributed by atoms with Crippen LogP contribution in [-0.2, 0) is 4.79 Å². The zero-order valence-electron chi connectivity index (χ0n) is 8.58. The molecule has 0 saturated carbocycles. The van der Waals surface area contributed by atoms with Crippen LogP contribution in [0.25, 0.3) is 0 Å². The van der Waals surface area contributed by atoms with Crippen molar-refractivity contribution >= 4 is 5.97 Å². The van der Waals surface area contributed by atoms with Gasteiger partial charge in [-0.2, -0.15) is 0 Å². The first-order chi connectivity index (χ1) is 5.70. The summed E-state index contributed by atoms with van der Waals surface area (Å²) in [4.78, 5) is 12.5. The molecule has 1 saturated heterocycles. The molecule has 1 rings (SSSR count). The number of rotatable bonds is 3. The maximum atomic E-state index is 10.2. The second-order valence-electron chi connectivity index (χ2n) is 3.54. The molecule has 0 aromatic rings. The van der Waals surface area contributed by atoms with Gasteiger partial charge in [-0.1, -0.05) is 6.42 Å². The van der Waals surface area contributed by atoms with E-state index in [1.54, 1.807) is 0 Å². The number of likely N-dealkylation sites (tertiary alicyclic amines) is 1. The van der Waals surface area contributed by atoms with Gasteiger partial charge in [0, 0.05) is 12.0 Å². The molecule has 3 nitrogen and oxygen atoms in total. The smallest absolute Gasteiger partial charge is 0.550 e. The average Bonchev–Trinajstić information content (AvgIpc) is 2.03. The van der Waals surface area contributed by atoms with Crippen molar-refractivity contribution in [2.45, 2.75) is 38.1 Å². The molecular formula is C9H16NNaO2. The monoisotopic (exact) mass is 193 g/mol. The summed E-state index contributed by atoms with van der Waals surface area (Å²) < 4.78 is 0. The van der Waals surface area contributed by atoms with Crippen molar-refractivity contribution in [3.63, 3.8) is 0 Å². The Labute approximate surface area is 102 Å². The Kier molecular flexibility index (Phi) is 7.05. The standard InChI is InChI=1S/C9H17NO2.Na/c1-10-7-3-2-4-8(10)5-6-9(11)12;/h8H,2-7H2,1H3,(H,11,12);/q;+1/p-1. The van der Waals surface area contributed by atoms with Crippen LogP contribution >= 0.6 is 0 Å². The molecule has 1 aliphatic rings. The fraction of sp³-hybridized carbons (Fsp3) is 0.889. The van der Waals surface area contributed by atoms with E-state index in [2.05, 4.69) is 11.9 Å². The van der Waals surface area contributed by atoms with Crippen molar-refractivity contribution in [3.8, 4) is 0 Å². The van der Waals surface area contributed by atoms with Crippen molar-refractivity contribution in [2.24, 2.45) is 0 Å². The van der Waals surface area contributed by atoms with Gasteiger partial charge in [0.25, 0.3) is 0 Å². The van der Waals surface area contributed by atoms with Crippen LogP contribution in [0.15, 0.2) is 0 Å². The first kappa shape index (κ1) is 13.4. The predicted octanol–water partition coefficient (Wildman–Crippen LogP) is -3.00. The van der Waals surface area contributed by atoms with Crippen LogP contribution in [0.4, 0.5) is 0 Å². The molecule has 1 atom stereocenters. The molecule has 0 amide bonds. The molecule has 0 spiro atoms. The Hall–Kier alpha value is 0.430. The first-order valence-corrected chi connectivity index (χ1v) is 4.60. The SMILES string of the molecule is CN1CCCCC1CCC(=O)[O-].[Na+]. The van der Waals surface area contributed by atoms with Crippen LogP contribution in [0.3, 0.4) is 0 Å². The second-order valence-corrected chi connectivity index (χ2v) is 3.54. The fourth-order valence-corrected chi connectivity index (χ4v) is 1.79. The van der Waals surface area contributed by atoms with E-state index in [4.69, 9.17) is 0 Å². The summed E-state index contributed by atoms with van der Waals surface area (Å²) in [5.74, 6) is -0.922. The molecule has 1 unspecified atom stereocenters. The molecule has 0 bridgehead atoms. The first-order valence-electron chi connectivity index (χ1n) is 4.60. The maximum absolute atomic E-state index is 10.2. The topological polar surface area (TPSA) is 43.4 Å². The molecule has 1 heterocycles. The molecular weight excluding hydrogens is 177 g/mol. The molecule has 0 aromatic heterocycles. The largest absolute Gasteiger partial charge is 1.00 e. The second kappa shape index (κ2) is 6.82. The zero-order valence-corrected chi connectivity index (χ0v) is 10.6. The summed E-state index contributed by atoms with van der Waals surface area (Å²) in [5, 5.41) is 10.2. The third-order valence-corrected chi connectivity index (χ3v) is 2.60. The summed E-state index contributed by atoms with van der Waals surface area (Å²) in [6.45, 7) is 1.11. The van der Waals surface area contributed by atoms with Gasteiger partial charge in [-0.3, -0.25) is 0 Å². The number of aliphatic carboxylic acids is 1. The molecule has 70 valence electrons. The quantitative estimate of drug-likeness (QED) is 0.449. The molecule has 0 aliphatic carbocycles. The molecule has 1 fully saturated rings. The van der Waals surface area contributed by atoms with Gasteiger partial charge in [-0.25, -0.2) is 0 Å². The summed E-state index contributed by atoms with van der Waals surface area (Å²) in [5.41, 5.74) is 0. The molecule has 1 aliphatic heterocycles. The van der Waals surface area contributed by atoms with Gasteiger partial charge in [-0.05, 0) is 39.3 Å². The van der Waals surface area contributed by atoms with E-state index in [9.17, 15) is 9.90 Å². The Morgan fingerprint density at radius 1 is 1.54 bits per heavy atom. The van der Waals surface area contributed by atoms with Gasteiger partial charge in [-0.15, -0.1) is 0 Å². The van der Waals surface area contributed by atoms with Crippen LogP contribution in [0.1, 0.15) is 32.1 Å². The van der Waals surface area contributed by atoms with Crippen LogP contribution in [0, 0.1) is 0 Å². The summed E-state index contributed by atoms with van der Waals surface area (Å²) >= 11 is 0. The molecule has 13 heavy (non-hydrogen) atoms. The van der Waals surface area contributed by atoms with E-state index >= 15 is 0 Å². The van der Waals surface area contributed by atoms with Gasteiger partial charge in [0.1, 0.15) is 0 Å². The third kappa shape index (κ3) is 5.01. The normalized spacial score (nSPS) is 23.6. The van der Waals surface area contributed by atoms with Gasteiger partial charge < -0.3 is 14.8 Å². The minimum Gasteiger partial charge on any atom is -0.550 e. The van der Waals surface area contributed by atoms with Gasteiger partial charge in [0.2, 0.25) is 0 Å². The van der Waals surface area contributed by atoms with E-state index in [1.165, 1.54) is 12.8 Å². The summed E-state index contributed by atoms with van der Waals surface area (Å²) in [6, 6.07) is 0.469. The zero-order chi connectivity index (χ0) is 8.97. The van der Waals surface area contributed by atoms with Gasteiger partial charge in [0.05, 0.1) is 0 Å². The van der Waals surface area contributed by atoms with E-state index in [-0.39, 0.29) is 36.0 Å². The number of carboxylic acids is 1. The Bertz CT molecular complexity index is 164. The van der Waals surface area contributed by atoms with Gasteiger partial charge in [0.15, 0.2) is 0 Å². The number of carbonyl (C=O) groups is 1. The minimum absolute atomic E-state index is 0. The van der Waals surface area contributed by atoms with E-state index in [1.807, 2.05) is 0 Å². The van der Waals surface area contributed by atoms with Gasteiger partial charge >= 0.3 is 29.6 Å². The molecule has 4 heteroatoms.